The standard InChI is InChI=1S/C7H8BrNO/c1-7(2-3-7)5-4-9-6(8)10-5/h4H,2-3H2,1H3. The Bertz CT molecular complexity index is 252. The van der Waals surface area contributed by atoms with Crippen LogP contribution in [0.15, 0.2) is 15.4 Å². The summed E-state index contributed by atoms with van der Waals surface area (Å²) in [5.41, 5.74) is 0.305. The minimum absolute atomic E-state index is 0.305. The highest BCUT2D eigenvalue weighted by molar-refractivity contribution is 9.10. The molecule has 1 saturated carbocycles. The quantitative estimate of drug-likeness (QED) is 0.699. The zero-order valence-electron chi connectivity index (χ0n) is 5.72. The van der Waals surface area contributed by atoms with Gasteiger partial charge in [0.25, 0.3) is 4.80 Å². The van der Waals surface area contributed by atoms with Gasteiger partial charge in [-0.3, -0.25) is 0 Å². The van der Waals surface area contributed by atoms with Gasteiger partial charge in [0.1, 0.15) is 5.76 Å². The molecule has 0 spiro atoms. The van der Waals surface area contributed by atoms with Crippen molar-refractivity contribution < 1.29 is 4.42 Å². The van der Waals surface area contributed by atoms with Crippen molar-refractivity contribution in [3.63, 3.8) is 0 Å². The lowest BCUT2D eigenvalue weighted by Crippen LogP contribution is -1.95. The van der Waals surface area contributed by atoms with Gasteiger partial charge >= 0.3 is 0 Å². The van der Waals surface area contributed by atoms with Crippen molar-refractivity contribution in [3.05, 3.63) is 16.8 Å². The Morgan fingerprint density at radius 1 is 1.70 bits per heavy atom. The smallest absolute Gasteiger partial charge is 0.264 e. The monoisotopic (exact) mass is 201 g/mol. The molecule has 10 heavy (non-hydrogen) atoms. The Kier molecular flexibility index (Phi) is 1.18. The fourth-order valence-corrected chi connectivity index (χ4v) is 1.24. The van der Waals surface area contributed by atoms with E-state index in [9.17, 15) is 0 Å². The van der Waals surface area contributed by atoms with E-state index in [2.05, 4.69) is 27.8 Å². The maximum absolute atomic E-state index is 5.32. The van der Waals surface area contributed by atoms with Crippen LogP contribution < -0.4 is 0 Å². The van der Waals surface area contributed by atoms with Crippen LogP contribution in [0.2, 0.25) is 0 Å². The number of nitrogens with zero attached hydrogens (tertiary/aromatic N) is 1. The first-order valence-electron chi connectivity index (χ1n) is 3.32. The van der Waals surface area contributed by atoms with Gasteiger partial charge in [-0.2, -0.15) is 0 Å². The summed E-state index contributed by atoms with van der Waals surface area (Å²) in [5, 5.41) is 0. The lowest BCUT2D eigenvalue weighted by molar-refractivity contribution is 0.443. The van der Waals surface area contributed by atoms with Crippen LogP contribution in [-0.2, 0) is 5.41 Å². The fraction of sp³-hybridized carbons (Fsp3) is 0.571. The van der Waals surface area contributed by atoms with E-state index in [-0.39, 0.29) is 0 Å². The molecule has 3 heteroatoms. The van der Waals surface area contributed by atoms with Crippen LogP contribution >= 0.6 is 15.9 Å². The number of hydrogen-bond donors (Lipinski definition) is 0. The maximum atomic E-state index is 5.32. The second-order valence-electron chi connectivity index (χ2n) is 3.04. The van der Waals surface area contributed by atoms with Crippen LogP contribution in [0.1, 0.15) is 25.5 Å². The largest absolute Gasteiger partial charge is 0.436 e. The summed E-state index contributed by atoms with van der Waals surface area (Å²) in [6.07, 6.45) is 4.26. The molecule has 0 aliphatic heterocycles. The van der Waals surface area contributed by atoms with Crippen molar-refractivity contribution in [1.29, 1.82) is 0 Å². The van der Waals surface area contributed by atoms with Gasteiger partial charge in [-0.1, -0.05) is 6.92 Å². The first kappa shape index (κ1) is 6.40. The van der Waals surface area contributed by atoms with E-state index in [0.717, 1.165) is 5.76 Å². The highest BCUT2D eigenvalue weighted by Crippen LogP contribution is 2.47. The first-order valence-corrected chi connectivity index (χ1v) is 4.12. The molecule has 0 atom stereocenters. The number of hydrogen-bond acceptors (Lipinski definition) is 2. The second-order valence-corrected chi connectivity index (χ2v) is 3.72. The third kappa shape index (κ3) is 0.888. The Labute approximate surface area is 67.8 Å². The lowest BCUT2D eigenvalue weighted by atomic mass is 10.1. The second kappa shape index (κ2) is 1.84. The van der Waals surface area contributed by atoms with Crippen molar-refractivity contribution in [2.75, 3.05) is 0 Å². The summed E-state index contributed by atoms with van der Waals surface area (Å²) in [4.78, 5) is 4.57. The van der Waals surface area contributed by atoms with Gasteiger partial charge in [0.05, 0.1) is 6.20 Å². The van der Waals surface area contributed by atoms with E-state index in [1.165, 1.54) is 12.8 Å². The molecular weight excluding hydrogens is 194 g/mol. The van der Waals surface area contributed by atoms with Gasteiger partial charge in [-0.15, -0.1) is 0 Å². The van der Waals surface area contributed by atoms with Crippen LogP contribution in [0.5, 0.6) is 0 Å². The molecule has 1 aromatic rings. The third-order valence-corrected chi connectivity index (χ3v) is 2.44. The van der Waals surface area contributed by atoms with E-state index >= 15 is 0 Å². The summed E-state index contributed by atoms with van der Waals surface area (Å²) in [6.45, 7) is 2.19. The topological polar surface area (TPSA) is 26.0 Å². The van der Waals surface area contributed by atoms with Crippen LogP contribution in [0.4, 0.5) is 0 Å². The van der Waals surface area contributed by atoms with E-state index in [0.29, 0.717) is 10.2 Å². The van der Waals surface area contributed by atoms with E-state index in [1.54, 1.807) is 6.20 Å². The molecule has 0 N–H and O–H groups in total. The molecule has 1 aliphatic rings. The van der Waals surface area contributed by atoms with Crippen molar-refractivity contribution in [3.8, 4) is 0 Å². The van der Waals surface area contributed by atoms with Crippen LogP contribution in [-0.4, -0.2) is 4.98 Å². The zero-order chi connectivity index (χ0) is 7.19. The van der Waals surface area contributed by atoms with Crippen LogP contribution in [0, 0.1) is 0 Å². The molecule has 0 radical (unpaired) electrons. The predicted octanol–water partition coefficient (Wildman–Crippen LogP) is 2.49. The van der Waals surface area contributed by atoms with Crippen LogP contribution in [0.25, 0.3) is 0 Å². The van der Waals surface area contributed by atoms with Gasteiger partial charge in [0, 0.05) is 21.3 Å². The molecular formula is C7H8BrNO. The Balaban J connectivity index is 2.34. The minimum atomic E-state index is 0.305. The SMILES string of the molecule is CC1(c2cnc(Br)o2)CC1. The average molecular weight is 202 g/mol. The van der Waals surface area contributed by atoms with Crippen LogP contribution in [0.3, 0.4) is 0 Å². The van der Waals surface area contributed by atoms with E-state index < -0.39 is 0 Å². The summed E-state index contributed by atoms with van der Waals surface area (Å²) >= 11 is 3.17. The Morgan fingerprint density at radius 2 is 2.40 bits per heavy atom. The zero-order valence-corrected chi connectivity index (χ0v) is 7.31. The molecule has 0 bridgehead atoms. The molecule has 2 rings (SSSR count). The highest BCUT2D eigenvalue weighted by atomic mass is 79.9. The fourth-order valence-electron chi connectivity index (χ4n) is 0.966. The summed E-state index contributed by atoms with van der Waals surface area (Å²) in [6, 6.07) is 0. The van der Waals surface area contributed by atoms with E-state index in [4.69, 9.17) is 4.42 Å². The number of oxazole rings is 1. The normalized spacial score (nSPS) is 21.0. The van der Waals surface area contributed by atoms with Gasteiger partial charge in [-0.05, 0) is 12.8 Å². The molecule has 2 nitrogen and oxygen atoms in total. The molecule has 1 fully saturated rings. The number of rotatable bonds is 1. The average Bonchev–Trinajstić information content (AvgIpc) is 2.45. The minimum Gasteiger partial charge on any atom is -0.436 e. The summed E-state index contributed by atoms with van der Waals surface area (Å²) in [5.74, 6) is 1.01. The summed E-state index contributed by atoms with van der Waals surface area (Å²) in [7, 11) is 0. The molecule has 0 saturated heterocycles. The van der Waals surface area contributed by atoms with Gasteiger partial charge in [-0.25, -0.2) is 4.98 Å². The Hall–Kier alpha value is -0.310. The molecule has 1 aromatic heterocycles. The number of halogens is 1. The molecule has 0 aromatic carbocycles. The van der Waals surface area contributed by atoms with E-state index in [1.807, 2.05) is 0 Å². The third-order valence-electron chi connectivity index (χ3n) is 2.07. The van der Waals surface area contributed by atoms with Crippen molar-refractivity contribution >= 4 is 15.9 Å². The van der Waals surface area contributed by atoms with Gasteiger partial charge in [0.15, 0.2) is 0 Å². The highest BCUT2D eigenvalue weighted by Gasteiger charge is 2.42. The lowest BCUT2D eigenvalue weighted by Gasteiger charge is -1.99. The molecule has 0 amide bonds. The van der Waals surface area contributed by atoms with Gasteiger partial charge < -0.3 is 4.42 Å². The maximum Gasteiger partial charge on any atom is 0.264 e. The van der Waals surface area contributed by atoms with Crippen molar-refractivity contribution in [2.24, 2.45) is 0 Å². The van der Waals surface area contributed by atoms with Crippen molar-refractivity contribution in [2.45, 2.75) is 25.2 Å². The molecule has 1 aliphatic carbocycles. The molecule has 54 valence electrons. The van der Waals surface area contributed by atoms with Gasteiger partial charge in [0.2, 0.25) is 0 Å². The molecule has 1 heterocycles. The summed E-state index contributed by atoms with van der Waals surface area (Å²) < 4.78 is 5.32. The molecule has 0 unspecified atom stereocenters. The number of aromatic nitrogens is 1. The Morgan fingerprint density at radius 3 is 2.80 bits per heavy atom. The first-order chi connectivity index (χ1) is 4.71. The predicted molar refractivity (Wildman–Crippen MR) is 40.8 cm³/mol. The van der Waals surface area contributed by atoms with Crippen molar-refractivity contribution in [1.82, 2.24) is 4.98 Å².